The van der Waals surface area contributed by atoms with Crippen LogP contribution in [0.2, 0.25) is 0 Å². The van der Waals surface area contributed by atoms with E-state index in [1.807, 2.05) is 0 Å². The number of nitrogens with two attached hydrogens (primary N) is 1. The minimum absolute atomic E-state index is 0.351. The first-order chi connectivity index (χ1) is 6.22. The number of likely N-dealkylation sites (N-methyl/N-ethyl adjacent to an activating group) is 1. The summed E-state index contributed by atoms with van der Waals surface area (Å²) in [5.41, 5.74) is 5.73. The fraction of sp³-hybridized carbons (Fsp3) is 1.00. The first-order valence-electron chi connectivity index (χ1n) is 5.42. The maximum atomic E-state index is 5.73. The highest BCUT2D eigenvalue weighted by Crippen LogP contribution is 2.02. The Labute approximate surface area is 81.9 Å². The highest BCUT2D eigenvalue weighted by Gasteiger charge is 2.14. The van der Waals surface area contributed by atoms with Crippen LogP contribution in [0.4, 0.5) is 0 Å². The quantitative estimate of drug-likeness (QED) is 0.686. The molecule has 1 saturated heterocycles. The molecule has 0 aliphatic carbocycles. The van der Waals surface area contributed by atoms with E-state index in [0.717, 1.165) is 6.42 Å². The van der Waals surface area contributed by atoms with Crippen molar-refractivity contribution >= 4 is 0 Å². The number of hydrogen-bond donors (Lipinski definition) is 1. The summed E-state index contributed by atoms with van der Waals surface area (Å²) in [5.74, 6) is 0. The minimum atomic E-state index is 0.351. The van der Waals surface area contributed by atoms with Crippen molar-refractivity contribution in [1.82, 2.24) is 9.80 Å². The van der Waals surface area contributed by atoms with Crippen LogP contribution < -0.4 is 5.73 Å². The van der Waals surface area contributed by atoms with Crippen LogP contribution in [0, 0.1) is 0 Å². The second-order valence-electron chi connectivity index (χ2n) is 4.04. The van der Waals surface area contributed by atoms with Gasteiger partial charge in [0.05, 0.1) is 0 Å². The third-order valence-electron chi connectivity index (χ3n) is 2.81. The summed E-state index contributed by atoms with van der Waals surface area (Å²) in [7, 11) is 0. The zero-order chi connectivity index (χ0) is 9.68. The molecule has 1 heterocycles. The molecule has 0 saturated carbocycles. The summed E-state index contributed by atoms with van der Waals surface area (Å²) >= 11 is 0. The van der Waals surface area contributed by atoms with E-state index in [4.69, 9.17) is 5.73 Å². The monoisotopic (exact) mass is 185 g/mol. The molecule has 13 heavy (non-hydrogen) atoms. The summed E-state index contributed by atoms with van der Waals surface area (Å²) in [6.07, 6.45) is 1.13. The van der Waals surface area contributed by atoms with Crippen molar-refractivity contribution in [2.75, 3.05) is 39.3 Å². The molecule has 1 rings (SSSR count). The normalized spacial score (nSPS) is 23.3. The second kappa shape index (κ2) is 5.58. The summed E-state index contributed by atoms with van der Waals surface area (Å²) < 4.78 is 0. The first kappa shape index (κ1) is 11.0. The Bertz CT molecular complexity index is 128. The SMILES string of the molecule is CCN1CCN(CCC(C)N)CC1. The van der Waals surface area contributed by atoms with Crippen molar-refractivity contribution < 1.29 is 0 Å². The van der Waals surface area contributed by atoms with Gasteiger partial charge in [0.1, 0.15) is 0 Å². The molecule has 0 aromatic rings. The Hall–Kier alpha value is -0.120. The average molecular weight is 185 g/mol. The predicted molar refractivity (Wildman–Crippen MR) is 56.8 cm³/mol. The van der Waals surface area contributed by atoms with Crippen molar-refractivity contribution in [3.63, 3.8) is 0 Å². The molecular weight excluding hydrogens is 162 g/mol. The molecule has 2 N–H and O–H groups in total. The summed E-state index contributed by atoms with van der Waals surface area (Å²) in [6, 6.07) is 0.351. The molecule has 0 aromatic heterocycles. The lowest BCUT2D eigenvalue weighted by Gasteiger charge is -2.34. The molecule has 3 nitrogen and oxygen atoms in total. The molecule has 1 atom stereocenters. The molecule has 1 aliphatic rings. The van der Waals surface area contributed by atoms with E-state index in [0.29, 0.717) is 6.04 Å². The van der Waals surface area contributed by atoms with Gasteiger partial charge >= 0.3 is 0 Å². The largest absolute Gasteiger partial charge is 0.328 e. The fourth-order valence-electron chi connectivity index (χ4n) is 1.72. The van der Waals surface area contributed by atoms with E-state index in [9.17, 15) is 0 Å². The highest BCUT2D eigenvalue weighted by atomic mass is 15.3. The lowest BCUT2D eigenvalue weighted by molar-refractivity contribution is 0.135. The zero-order valence-electron chi connectivity index (χ0n) is 9.00. The minimum Gasteiger partial charge on any atom is -0.328 e. The van der Waals surface area contributed by atoms with Crippen LogP contribution in [0.15, 0.2) is 0 Å². The van der Waals surface area contributed by atoms with Crippen molar-refractivity contribution in [3.05, 3.63) is 0 Å². The number of piperazine rings is 1. The van der Waals surface area contributed by atoms with Crippen LogP contribution in [-0.2, 0) is 0 Å². The van der Waals surface area contributed by atoms with E-state index >= 15 is 0 Å². The van der Waals surface area contributed by atoms with Gasteiger partial charge in [-0.2, -0.15) is 0 Å². The van der Waals surface area contributed by atoms with E-state index < -0.39 is 0 Å². The summed E-state index contributed by atoms with van der Waals surface area (Å²) in [5, 5.41) is 0. The fourth-order valence-corrected chi connectivity index (χ4v) is 1.72. The molecular formula is C10H23N3. The third kappa shape index (κ3) is 4.07. The van der Waals surface area contributed by atoms with Gasteiger partial charge in [-0.1, -0.05) is 6.92 Å². The zero-order valence-corrected chi connectivity index (χ0v) is 9.00. The Balaban J connectivity index is 2.10. The van der Waals surface area contributed by atoms with Gasteiger partial charge in [-0.3, -0.25) is 0 Å². The van der Waals surface area contributed by atoms with Gasteiger partial charge in [-0.25, -0.2) is 0 Å². The average Bonchev–Trinajstić information content (AvgIpc) is 2.15. The molecule has 3 heteroatoms. The van der Waals surface area contributed by atoms with E-state index in [1.54, 1.807) is 0 Å². The summed E-state index contributed by atoms with van der Waals surface area (Å²) in [4.78, 5) is 5.03. The maximum Gasteiger partial charge on any atom is 0.0110 e. The number of rotatable bonds is 4. The van der Waals surface area contributed by atoms with Crippen LogP contribution in [0.1, 0.15) is 20.3 Å². The van der Waals surface area contributed by atoms with Crippen LogP contribution >= 0.6 is 0 Å². The Morgan fingerprint density at radius 2 is 1.69 bits per heavy atom. The van der Waals surface area contributed by atoms with Gasteiger partial charge in [0.25, 0.3) is 0 Å². The van der Waals surface area contributed by atoms with Crippen LogP contribution in [0.25, 0.3) is 0 Å². The van der Waals surface area contributed by atoms with Crippen molar-refractivity contribution in [2.45, 2.75) is 26.3 Å². The topological polar surface area (TPSA) is 32.5 Å². The molecule has 0 aromatic carbocycles. The smallest absolute Gasteiger partial charge is 0.0110 e. The van der Waals surface area contributed by atoms with Gasteiger partial charge < -0.3 is 15.5 Å². The maximum absolute atomic E-state index is 5.73. The van der Waals surface area contributed by atoms with Gasteiger partial charge in [-0.15, -0.1) is 0 Å². The molecule has 78 valence electrons. The predicted octanol–water partition coefficient (Wildman–Crippen LogP) is 0.361. The molecule has 0 amide bonds. The molecule has 0 bridgehead atoms. The van der Waals surface area contributed by atoms with Crippen LogP contribution in [-0.4, -0.2) is 55.1 Å². The van der Waals surface area contributed by atoms with Crippen LogP contribution in [0.5, 0.6) is 0 Å². The van der Waals surface area contributed by atoms with Crippen molar-refractivity contribution in [3.8, 4) is 0 Å². The van der Waals surface area contributed by atoms with Gasteiger partial charge in [0.15, 0.2) is 0 Å². The van der Waals surface area contributed by atoms with E-state index in [-0.39, 0.29) is 0 Å². The molecule has 1 fully saturated rings. The Morgan fingerprint density at radius 3 is 2.15 bits per heavy atom. The Morgan fingerprint density at radius 1 is 1.15 bits per heavy atom. The number of nitrogens with zero attached hydrogens (tertiary/aromatic N) is 2. The van der Waals surface area contributed by atoms with Gasteiger partial charge in [-0.05, 0) is 26.4 Å². The number of hydrogen-bond acceptors (Lipinski definition) is 3. The molecule has 1 aliphatic heterocycles. The molecule has 0 spiro atoms. The van der Waals surface area contributed by atoms with E-state index in [2.05, 4.69) is 23.6 Å². The van der Waals surface area contributed by atoms with Crippen molar-refractivity contribution in [2.24, 2.45) is 5.73 Å². The van der Waals surface area contributed by atoms with Gasteiger partial charge in [0, 0.05) is 32.2 Å². The van der Waals surface area contributed by atoms with E-state index in [1.165, 1.54) is 39.3 Å². The second-order valence-corrected chi connectivity index (χ2v) is 4.04. The van der Waals surface area contributed by atoms with Gasteiger partial charge in [0.2, 0.25) is 0 Å². The lowest BCUT2D eigenvalue weighted by atomic mass is 10.2. The first-order valence-corrected chi connectivity index (χ1v) is 5.42. The van der Waals surface area contributed by atoms with Crippen LogP contribution in [0.3, 0.4) is 0 Å². The lowest BCUT2D eigenvalue weighted by Crippen LogP contribution is -2.46. The molecule has 0 radical (unpaired) electrons. The third-order valence-corrected chi connectivity index (χ3v) is 2.81. The summed E-state index contributed by atoms with van der Waals surface area (Å²) in [6.45, 7) is 11.6. The van der Waals surface area contributed by atoms with Crippen molar-refractivity contribution in [1.29, 1.82) is 0 Å². The highest BCUT2D eigenvalue weighted by molar-refractivity contribution is 4.71. The standard InChI is InChI=1S/C10H23N3/c1-3-12-6-8-13(9-7-12)5-4-10(2)11/h10H,3-9,11H2,1-2H3. The molecule has 1 unspecified atom stereocenters. The Kier molecular flexibility index (Phi) is 4.70.